The first-order valence-electron chi connectivity index (χ1n) is 24.0. The van der Waals surface area contributed by atoms with Gasteiger partial charge in [-0.25, -0.2) is 0 Å². The molecular formula is C67H46N2S. The Kier molecular flexibility index (Phi) is 10.1. The van der Waals surface area contributed by atoms with Gasteiger partial charge in [-0.3, -0.25) is 0 Å². The molecule has 3 aromatic heterocycles. The summed E-state index contributed by atoms with van der Waals surface area (Å²) < 4.78 is 7.52. The van der Waals surface area contributed by atoms with Gasteiger partial charge in [-0.1, -0.05) is 183 Å². The van der Waals surface area contributed by atoms with Crippen molar-refractivity contribution in [3.63, 3.8) is 0 Å². The lowest BCUT2D eigenvalue weighted by Gasteiger charge is -2.16. The zero-order valence-electron chi connectivity index (χ0n) is 38.7. The molecule has 0 spiro atoms. The van der Waals surface area contributed by atoms with E-state index < -0.39 is 0 Å². The number of nitrogens with zero attached hydrogens (tertiary/aromatic N) is 2. The molecule has 3 heterocycles. The first kappa shape index (κ1) is 41.4. The van der Waals surface area contributed by atoms with Gasteiger partial charge in [0.2, 0.25) is 0 Å². The SMILES string of the molecule is C=C(c1ccccc1)c1c(/C=C\C)n(-c2cccc(-c3ccc4sc5ccccc5c4c3)c2)c2ccc(-c3ccc4c(c3)c3ccccc3n4-c3cc(-c4ccccc4)ccc3-c3ccccc3)cc12. The number of fused-ring (bicyclic) bond motifs is 7. The van der Waals surface area contributed by atoms with Gasteiger partial charge in [0.15, 0.2) is 0 Å². The molecule has 0 aliphatic rings. The largest absolute Gasteiger partial charge is 0.309 e. The van der Waals surface area contributed by atoms with E-state index in [0.29, 0.717) is 0 Å². The van der Waals surface area contributed by atoms with Gasteiger partial charge < -0.3 is 9.13 Å². The highest BCUT2D eigenvalue weighted by Gasteiger charge is 2.23. The molecule has 2 nitrogen and oxygen atoms in total. The van der Waals surface area contributed by atoms with Crippen molar-refractivity contribution in [2.45, 2.75) is 6.92 Å². The van der Waals surface area contributed by atoms with Crippen LogP contribution in [0.15, 0.2) is 249 Å². The highest BCUT2D eigenvalue weighted by Crippen LogP contribution is 2.43. The Bertz CT molecular complexity index is 4190. The van der Waals surface area contributed by atoms with E-state index in [0.717, 1.165) is 55.8 Å². The molecule has 0 saturated heterocycles. The minimum atomic E-state index is 0.992. The van der Waals surface area contributed by atoms with Crippen LogP contribution in [0, 0.1) is 0 Å². The molecule has 0 unspecified atom stereocenters. The fraction of sp³-hybridized carbons (Fsp3) is 0.0149. The summed E-state index contributed by atoms with van der Waals surface area (Å²) in [4.78, 5) is 0. The number of hydrogen-bond donors (Lipinski definition) is 0. The second kappa shape index (κ2) is 17.1. The number of hydrogen-bond acceptors (Lipinski definition) is 1. The molecule has 10 aromatic carbocycles. The van der Waals surface area contributed by atoms with E-state index >= 15 is 0 Å². The molecule has 0 fully saturated rings. The molecule has 330 valence electrons. The minimum Gasteiger partial charge on any atom is -0.309 e. The van der Waals surface area contributed by atoms with Crippen molar-refractivity contribution in [3.8, 4) is 55.9 Å². The summed E-state index contributed by atoms with van der Waals surface area (Å²) in [6.45, 7) is 6.93. The predicted molar refractivity (Wildman–Crippen MR) is 302 cm³/mol. The average Bonchev–Trinajstić information content (AvgIpc) is 4.08. The van der Waals surface area contributed by atoms with Crippen LogP contribution in [0.1, 0.15) is 23.7 Å². The van der Waals surface area contributed by atoms with Crippen LogP contribution in [0.4, 0.5) is 0 Å². The van der Waals surface area contributed by atoms with Crippen LogP contribution in [0.2, 0.25) is 0 Å². The van der Waals surface area contributed by atoms with Crippen molar-refractivity contribution >= 4 is 75.9 Å². The van der Waals surface area contributed by atoms with Crippen molar-refractivity contribution in [1.29, 1.82) is 0 Å². The van der Waals surface area contributed by atoms with Crippen molar-refractivity contribution in [1.82, 2.24) is 9.13 Å². The van der Waals surface area contributed by atoms with Crippen LogP contribution in [0.5, 0.6) is 0 Å². The summed E-state index contributed by atoms with van der Waals surface area (Å²) in [7, 11) is 0. The number of rotatable bonds is 9. The highest BCUT2D eigenvalue weighted by molar-refractivity contribution is 7.25. The van der Waals surface area contributed by atoms with Gasteiger partial charge in [0.1, 0.15) is 0 Å². The smallest absolute Gasteiger partial charge is 0.0546 e. The maximum absolute atomic E-state index is 4.82. The molecule has 13 rings (SSSR count). The number of aromatic nitrogens is 2. The van der Waals surface area contributed by atoms with Gasteiger partial charge in [-0.05, 0) is 130 Å². The Balaban J connectivity index is 0.992. The summed E-state index contributed by atoms with van der Waals surface area (Å²) in [5.74, 6) is 0. The third kappa shape index (κ3) is 6.93. The first-order valence-corrected chi connectivity index (χ1v) is 24.8. The van der Waals surface area contributed by atoms with Crippen molar-refractivity contribution < 1.29 is 0 Å². The highest BCUT2D eigenvalue weighted by atomic mass is 32.1. The number of benzene rings is 10. The number of allylic oxidation sites excluding steroid dienone is 1. The zero-order valence-corrected chi connectivity index (χ0v) is 39.5. The monoisotopic (exact) mass is 910 g/mol. The van der Waals surface area contributed by atoms with Crippen LogP contribution >= 0.6 is 11.3 Å². The van der Waals surface area contributed by atoms with Gasteiger partial charge in [0.25, 0.3) is 0 Å². The molecule has 13 aromatic rings. The van der Waals surface area contributed by atoms with Crippen molar-refractivity contribution in [3.05, 3.63) is 266 Å². The molecule has 0 aliphatic carbocycles. The number of thiophene rings is 1. The van der Waals surface area contributed by atoms with Crippen LogP contribution < -0.4 is 0 Å². The van der Waals surface area contributed by atoms with Gasteiger partial charge in [-0.15, -0.1) is 11.3 Å². The van der Waals surface area contributed by atoms with E-state index in [9.17, 15) is 0 Å². The molecular weight excluding hydrogens is 865 g/mol. The lowest BCUT2D eigenvalue weighted by atomic mass is 9.94. The molecule has 0 bridgehead atoms. The molecule has 0 N–H and O–H groups in total. The van der Waals surface area contributed by atoms with Crippen LogP contribution in [-0.2, 0) is 0 Å². The van der Waals surface area contributed by atoms with Gasteiger partial charge in [-0.2, -0.15) is 0 Å². The Morgan fingerprint density at radius 3 is 1.70 bits per heavy atom. The van der Waals surface area contributed by atoms with Gasteiger partial charge >= 0.3 is 0 Å². The summed E-state index contributed by atoms with van der Waals surface area (Å²) in [6, 6.07) is 86.5. The summed E-state index contributed by atoms with van der Waals surface area (Å²) >= 11 is 1.86. The molecule has 70 heavy (non-hydrogen) atoms. The van der Waals surface area contributed by atoms with Crippen molar-refractivity contribution in [2.24, 2.45) is 0 Å². The molecule has 0 saturated carbocycles. The lowest BCUT2D eigenvalue weighted by Crippen LogP contribution is -1.98. The average molecular weight is 911 g/mol. The van der Waals surface area contributed by atoms with Gasteiger partial charge in [0.05, 0.1) is 27.9 Å². The standard InChI is InChI=1S/C67H46N2S/c1-3-18-63-67(44(2)45-19-7-4-8-20-45)59-42-50(33-37-62(59)68(63)53-26-17-25-48(39-53)51-34-38-66-58(41-51)56-28-14-16-30-65(56)70-66)49-32-36-61-57(40-49)55-27-13-15-29-60(55)69(61)64-43-52(46-21-9-5-10-22-46)31-35-54(64)47-23-11-6-12-24-47/h3-43H,2H2,1H3/b18-3-. The van der Waals surface area contributed by atoms with Crippen LogP contribution in [0.25, 0.3) is 120 Å². The molecule has 0 amide bonds. The lowest BCUT2D eigenvalue weighted by molar-refractivity contribution is 1.10. The van der Waals surface area contributed by atoms with E-state index in [-0.39, 0.29) is 0 Å². The maximum atomic E-state index is 4.82. The van der Waals surface area contributed by atoms with Crippen LogP contribution in [-0.4, -0.2) is 9.13 Å². The van der Waals surface area contributed by atoms with E-state index in [4.69, 9.17) is 6.58 Å². The van der Waals surface area contributed by atoms with Gasteiger partial charge in [0, 0.05) is 53.1 Å². The second-order valence-corrected chi connectivity index (χ2v) is 19.2. The fourth-order valence-electron chi connectivity index (χ4n) is 10.7. The third-order valence-corrected chi connectivity index (χ3v) is 15.2. The third-order valence-electron chi connectivity index (χ3n) is 14.0. The van der Waals surface area contributed by atoms with Crippen LogP contribution in [0.3, 0.4) is 0 Å². The quantitative estimate of drug-likeness (QED) is 0.137. The molecule has 0 atom stereocenters. The zero-order chi connectivity index (χ0) is 46.7. The summed E-state index contributed by atoms with van der Waals surface area (Å²) in [5, 5.41) is 6.20. The number of para-hydroxylation sites is 1. The second-order valence-electron chi connectivity index (χ2n) is 18.1. The maximum Gasteiger partial charge on any atom is 0.0546 e. The minimum absolute atomic E-state index is 0.992. The Morgan fingerprint density at radius 2 is 0.943 bits per heavy atom. The fourth-order valence-corrected chi connectivity index (χ4v) is 11.8. The molecule has 0 radical (unpaired) electrons. The molecule has 3 heteroatoms. The van der Waals surface area contributed by atoms with E-state index in [1.807, 2.05) is 11.3 Å². The molecule has 0 aliphatic heterocycles. The van der Waals surface area contributed by atoms with E-state index in [1.165, 1.54) is 75.4 Å². The van der Waals surface area contributed by atoms with Crippen molar-refractivity contribution in [2.75, 3.05) is 0 Å². The van der Waals surface area contributed by atoms with E-state index in [2.05, 4.69) is 265 Å². The Morgan fingerprint density at radius 1 is 0.400 bits per heavy atom. The predicted octanol–water partition coefficient (Wildman–Crippen LogP) is 18.9. The summed E-state index contributed by atoms with van der Waals surface area (Å²) in [6.07, 6.45) is 4.39. The Hall–Kier alpha value is -8.76. The first-order chi connectivity index (χ1) is 34.6. The summed E-state index contributed by atoms with van der Waals surface area (Å²) in [5.41, 5.74) is 19.5. The topological polar surface area (TPSA) is 9.86 Å². The van der Waals surface area contributed by atoms with E-state index in [1.54, 1.807) is 0 Å². The Labute approximate surface area is 411 Å². The normalized spacial score (nSPS) is 11.8.